The van der Waals surface area contributed by atoms with E-state index >= 15 is 0 Å². The van der Waals surface area contributed by atoms with E-state index in [2.05, 4.69) is 31.7 Å². The van der Waals surface area contributed by atoms with E-state index in [-0.39, 0.29) is 5.41 Å². The summed E-state index contributed by atoms with van der Waals surface area (Å²) < 4.78 is 0. The Balaban J connectivity index is 1.71. The van der Waals surface area contributed by atoms with Crippen LogP contribution < -0.4 is 0 Å². The molecule has 0 spiro atoms. The predicted octanol–water partition coefficient (Wildman–Crippen LogP) is 4.89. The maximum Gasteiger partial charge on any atom is 0.115 e. The fraction of sp³-hybridized carbons (Fsp3) is 0.714. The Kier molecular flexibility index (Phi) is 5.01. The summed E-state index contributed by atoms with van der Waals surface area (Å²) in [6.45, 7) is 9.61. The van der Waals surface area contributed by atoms with E-state index in [0.29, 0.717) is 17.7 Å². The van der Waals surface area contributed by atoms with Crippen molar-refractivity contribution >= 4 is 0 Å². The number of benzene rings is 1. The molecule has 1 aliphatic heterocycles. The molecular weight excluding hydrogens is 282 g/mol. The van der Waals surface area contributed by atoms with Gasteiger partial charge in [0.15, 0.2) is 0 Å². The molecule has 2 aliphatic rings. The third-order valence-electron chi connectivity index (χ3n) is 6.66. The molecule has 1 aliphatic carbocycles. The van der Waals surface area contributed by atoms with E-state index in [0.717, 1.165) is 6.42 Å². The highest BCUT2D eigenvalue weighted by molar-refractivity contribution is 5.44. The van der Waals surface area contributed by atoms with Crippen molar-refractivity contribution in [2.45, 2.75) is 77.2 Å². The number of fused-ring (bicyclic) bond motifs is 4. The molecule has 1 fully saturated rings. The van der Waals surface area contributed by atoms with Gasteiger partial charge in [-0.15, -0.1) is 0 Å². The second-order valence-electron chi connectivity index (χ2n) is 8.02. The summed E-state index contributed by atoms with van der Waals surface area (Å²) in [5, 5.41) is 9.91. The van der Waals surface area contributed by atoms with Gasteiger partial charge in [-0.05, 0) is 66.9 Å². The average Bonchev–Trinajstić information content (AvgIpc) is 2.53. The van der Waals surface area contributed by atoms with Crippen molar-refractivity contribution in [1.29, 1.82) is 0 Å². The molecule has 3 atom stereocenters. The second-order valence-corrected chi connectivity index (χ2v) is 8.02. The molecule has 2 heteroatoms. The lowest BCUT2D eigenvalue weighted by molar-refractivity contribution is 0.0302. The van der Waals surface area contributed by atoms with Crippen molar-refractivity contribution in [3.8, 4) is 5.75 Å². The summed E-state index contributed by atoms with van der Waals surface area (Å²) in [4.78, 5) is 2.76. The number of rotatable bonds is 6. The highest BCUT2D eigenvalue weighted by atomic mass is 16.3. The number of aromatic hydroxyl groups is 1. The molecule has 128 valence electrons. The zero-order valence-electron chi connectivity index (χ0n) is 15.1. The third-order valence-corrected chi connectivity index (χ3v) is 6.66. The van der Waals surface area contributed by atoms with Crippen molar-refractivity contribution in [3.05, 3.63) is 29.3 Å². The van der Waals surface area contributed by atoms with Crippen LogP contribution in [-0.4, -0.2) is 29.1 Å². The zero-order chi connectivity index (χ0) is 16.4. The molecule has 0 amide bonds. The van der Waals surface area contributed by atoms with E-state index in [9.17, 15) is 5.11 Å². The van der Waals surface area contributed by atoms with Gasteiger partial charge in [-0.1, -0.05) is 52.5 Å². The molecule has 2 nitrogen and oxygen atoms in total. The lowest BCUT2D eigenvalue weighted by Gasteiger charge is -2.54. The van der Waals surface area contributed by atoms with E-state index in [1.807, 2.05) is 12.1 Å². The average molecular weight is 316 g/mol. The topological polar surface area (TPSA) is 23.5 Å². The van der Waals surface area contributed by atoms with E-state index in [1.165, 1.54) is 62.7 Å². The van der Waals surface area contributed by atoms with Gasteiger partial charge in [-0.3, -0.25) is 4.90 Å². The summed E-state index contributed by atoms with van der Waals surface area (Å²) in [5.74, 6) is 1.09. The number of unbranched alkanes of at least 4 members (excludes halogenated alkanes) is 4. The van der Waals surface area contributed by atoms with Crippen LogP contribution in [0.5, 0.6) is 5.75 Å². The largest absolute Gasteiger partial charge is 0.508 e. The van der Waals surface area contributed by atoms with Crippen LogP contribution in [0.2, 0.25) is 0 Å². The van der Waals surface area contributed by atoms with Gasteiger partial charge >= 0.3 is 0 Å². The molecular formula is C21H33NO. The second kappa shape index (κ2) is 6.84. The molecule has 1 aromatic rings. The lowest BCUT2D eigenvalue weighted by atomic mass is 9.59. The van der Waals surface area contributed by atoms with Gasteiger partial charge < -0.3 is 5.11 Å². The van der Waals surface area contributed by atoms with Crippen LogP contribution in [0.25, 0.3) is 0 Å². The maximum absolute atomic E-state index is 9.91. The maximum atomic E-state index is 9.91. The molecule has 0 unspecified atom stereocenters. The molecule has 0 aromatic heterocycles. The van der Waals surface area contributed by atoms with Crippen LogP contribution in [-0.2, 0) is 11.8 Å². The normalized spacial score (nSPS) is 30.2. The van der Waals surface area contributed by atoms with E-state index in [4.69, 9.17) is 0 Å². The van der Waals surface area contributed by atoms with Crippen LogP contribution in [0, 0.1) is 5.92 Å². The molecule has 1 saturated heterocycles. The minimum atomic E-state index is 0.232. The van der Waals surface area contributed by atoms with Gasteiger partial charge in [0.1, 0.15) is 5.75 Å². The van der Waals surface area contributed by atoms with E-state index in [1.54, 1.807) is 0 Å². The smallest absolute Gasteiger partial charge is 0.115 e. The number of likely N-dealkylation sites (tertiary alicyclic amines) is 1. The molecule has 1 aromatic carbocycles. The molecule has 1 N–H and O–H groups in total. The molecule has 2 bridgehead atoms. The minimum Gasteiger partial charge on any atom is -0.508 e. The first-order valence-corrected chi connectivity index (χ1v) is 9.62. The molecule has 23 heavy (non-hydrogen) atoms. The zero-order valence-corrected chi connectivity index (χ0v) is 15.1. The van der Waals surface area contributed by atoms with Gasteiger partial charge in [0, 0.05) is 6.04 Å². The van der Waals surface area contributed by atoms with Gasteiger partial charge in [0.2, 0.25) is 0 Å². The summed E-state index contributed by atoms with van der Waals surface area (Å²) >= 11 is 0. The number of piperidine rings is 1. The standard InChI is InChI=1S/C21H33NO/c1-4-5-6-7-8-12-22-13-11-21(3)16(2)20(22)14-17-9-10-18(23)15-19(17)21/h9-10,15-16,20,23H,4-8,11-14H2,1-3H3/t16-,20-,21-/m1/s1. The molecule has 0 radical (unpaired) electrons. The van der Waals surface area contributed by atoms with Crippen molar-refractivity contribution in [3.63, 3.8) is 0 Å². The Morgan fingerprint density at radius 3 is 2.78 bits per heavy atom. The Labute approximate surface area is 141 Å². The van der Waals surface area contributed by atoms with Gasteiger partial charge in [0.05, 0.1) is 0 Å². The number of hydrogen-bond donors (Lipinski definition) is 1. The first-order valence-electron chi connectivity index (χ1n) is 9.62. The molecule has 0 saturated carbocycles. The monoisotopic (exact) mass is 315 g/mol. The fourth-order valence-electron chi connectivity index (χ4n) is 4.89. The molecule has 1 heterocycles. The minimum absolute atomic E-state index is 0.232. The highest BCUT2D eigenvalue weighted by Crippen LogP contribution is 2.49. The van der Waals surface area contributed by atoms with Crippen LogP contribution >= 0.6 is 0 Å². The first-order chi connectivity index (χ1) is 11.1. The van der Waals surface area contributed by atoms with Gasteiger partial charge in [0.25, 0.3) is 0 Å². The van der Waals surface area contributed by atoms with Crippen molar-refractivity contribution in [2.24, 2.45) is 5.92 Å². The highest BCUT2D eigenvalue weighted by Gasteiger charge is 2.48. The van der Waals surface area contributed by atoms with Crippen LogP contribution in [0.15, 0.2) is 18.2 Å². The quantitative estimate of drug-likeness (QED) is 0.756. The summed E-state index contributed by atoms with van der Waals surface area (Å²) in [6.07, 6.45) is 9.21. The Hall–Kier alpha value is -1.02. The lowest BCUT2D eigenvalue weighted by Crippen LogP contribution is -2.58. The molecule has 3 rings (SSSR count). The summed E-state index contributed by atoms with van der Waals surface area (Å²) in [6, 6.07) is 6.73. The van der Waals surface area contributed by atoms with Gasteiger partial charge in [-0.2, -0.15) is 0 Å². The Morgan fingerprint density at radius 1 is 1.22 bits per heavy atom. The van der Waals surface area contributed by atoms with Crippen LogP contribution in [0.1, 0.15) is 70.4 Å². The Morgan fingerprint density at radius 2 is 2.00 bits per heavy atom. The third kappa shape index (κ3) is 3.15. The fourth-order valence-corrected chi connectivity index (χ4v) is 4.89. The number of nitrogens with zero attached hydrogens (tertiary/aromatic N) is 1. The number of phenolic OH excluding ortho intramolecular Hbond substituents is 1. The SMILES string of the molecule is CCCCCCCN1CC[C@@]2(C)c3cc(O)ccc3C[C@@H]1[C@H]2C. The summed E-state index contributed by atoms with van der Waals surface area (Å²) in [7, 11) is 0. The Bertz CT molecular complexity index is 541. The van der Waals surface area contributed by atoms with Crippen LogP contribution in [0.3, 0.4) is 0 Å². The predicted molar refractivity (Wildman–Crippen MR) is 97.1 cm³/mol. The van der Waals surface area contributed by atoms with Crippen LogP contribution in [0.4, 0.5) is 0 Å². The van der Waals surface area contributed by atoms with Crippen molar-refractivity contribution < 1.29 is 5.11 Å². The number of hydrogen-bond acceptors (Lipinski definition) is 2. The summed E-state index contributed by atoms with van der Waals surface area (Å²) in [5.41, 5.74) is 3.10. The number of phenols is 1. The first kappa shape index (κ1) is 16.8. The van der Waals surface area contributed by atoms with E-state index < -0.39 is 0 Å². The van der Waals surface area contributed by atoms with Crippen molar-refractivity contribution in [2.75, 3.05) is 13.1 Å². The van der Waals surface area contributed by atoms with Gasteiger partial charge in [-0.25, -0.2) is 0 Å². The van der Waals surface area contributed by atoms with Crippen molar-refractivity contribution in [1.82, 2.24) is 4.90 Å².